The normalized spacial score (nSPS) is 16.2. The predicted molar refractivity (Wildman–Crippen MR) is 259 cm³/mol. The van der Waals surface area contributed by atoms with E-state index < -0.39 is 114 Å². The summed E-state index contributed by atoms with van der Waals surface area (Å²) in [7, 11) is 0.820. The van der Waals surface area contributed by atoms with Crippen molar-refractivity contribution in [3.8, 4) is 23.1 Å². The fourth-order valence-electron chi connectivity index (χ4n) is 8.22. The van der Waals surface area contributed by atoms with Gasteiger partial charge in [0, 0.05) is 80.0 Å². The Hall–Kier alpha value is -7.21. The molecule has 6 N–H and O–H groups in total. The number of hydrogen-bond acceptors (Lipinski definition) is 12. The maximum atomic E-state index is 16.0. The van der Waals surface area contributed by atoms with Crippen molar-refractivity contribution >= 4 is 29.8 Å². The largest absolute Gasteiger partial charge is 0.465 e. The van der Waals surface area contributed by atoms with Crippen LogP contribution in [0.3, 0.4) is 0 Å². The highest BCUT2D eigenvalue weighted by Gasteiger charge is 2.57. The number of benzene rings is 2. The number of alkyl halides is 6. The van der Waals surface area contributed by atoms with Crippen molar-refractivity contribution in [2.45, 2.75) is 83.3 Å². The Morgan fingerprint density at radius 3 is 1.90 bits per heavy atom. The molecule has 2 aromatic heterocycles. The van der Waals surface area contributed by atoms with E-state index in [0.717, 1.165) is 70.7 Å². The van der Waals surface area contributed by atoms with Crippen LogP contribution in [0.5, 0.6) is 0 Å². The standard InChI is InChI=1S/C51H56F9N9O8/c1-48(2,50(55,56)57)42(65-47(75)76-5)44(71)63-39(20-30-9-6-29(7-10-30)8-11-31-12-13-41(62-24-31)68-18-16-67(17-19-68)34-27-77-28-34)40(70)26-69(66-45(72)43(64-46(73)74)49(3,4)51(58,59)60)25-35-36(53)21-32(22-37(35)54)38-23-33(52)14-15-61-38/h6-7,9-10,12-15,21-24,34,39-40,42-43,64,70H,16-20,25-28H2,1-5H3,(H,63,71)(H,65,75)(H,66,72)(H,73,74). The SMILES string of the molecule is COC(=O)NC(C(=O)NC(Cc1ccc(C#Cc2ccc(N3CCN(C4COC4)CC3)nc2)cc1)C(O)CN(Cc1c(F)cc(-c2cc(F)ccn2)cc1F)NC(=O)C(NC(=O)O)C(C)(C)C(F)(F)F)C(C)(C)C(F)(F)F. The molecule has 2 aromatic carbocycles. The summed E-state index contributed by atoms with van der Waals surface area (Å²) in [5.41, 5.74) is -4.33. The molecule has 4 amide bonds. The van der Waals surface area contributed by atoms with E-state index >= 15 is 8.78 Å². The van der Waals surface area contributed by atoms with Crippen LogP contribution in [0, 0.1) is 40.1 Å². The summed E-state index contributed by atoms with van der Waals surface area (Å²) in [6, 6.07) is 6.50. The Balaban J connectivity index is 1.31. The summed E-state index contributed by atoms with van der Waals surface area (Å²) >= 11 is 0. The molecule has 26 heteroatoms. The van der Waals surface area contributed by atoms with Crippen LogP contribution < -0.4 is 26.3 Å². The number of alkyl carbamates (subject to hydrolysis) is 1. The predicted octanol–water partition coefficient (Wildman–Crippen LogP) is 5.94. The maximum Gasteiger partial charge on any atom is 0.407 e. The number of hydrogen-bond donors (Lipinski definition) is 6. The lowest BCUT2D eigenvalue weighted by molar-refractivity contribution is -0.221. The average molecular weight is 1090 g/mol. The van der Waals surface area contributed by atoms with Gasteiger partial charge in [-0.2, -0.15) is 26.3 Å². The van der Waals surface area contributed by atoms with Crippen LogP contribution in [0.1, 0.15) is 49.9 Å². The molecule has 4 atom stereocenters. The Morgan fingerprint density at radius 1 is 0.792 bits per heavy atom. The zero-order valence-corrected chi connectivity index (χ0v) is 42.2. The summed E-state index contributed by atoms with van der Waals surface area (Å²) in [6.07, 6.45) is -14.0. The van der Waals surface area contributed by atoms with Crippen LogP contribution in [0.15, 0.2) is 73.1 Å². The van der Waals surface area contributed by atoms with Crippen LogP contribution in [-0.4, -0.2) is 150 Å². The van der Waals surface area contributed by atoms with Gasteiger partial charge < -0.3 is 40.5 Å². The second kappa shape index (κ2) is 24.4. The molecular formula is C51H56F9N9O8. The number of anilines is 1. The van der Waals surface area contributed by atoms with Crippen molar-refractivity contribution < 1.29 is 78.4 Å². The van der Waals surface area contributed by atoms with Gasteiger partial charge in [-0.15, -0.1) is 0 Å². The number of methoxy groups -OCH3 is 1. The second-order valence-corrected chi connectivity index (χ2v) is 19.5. The highest BCUT2D eigenvalue weighted by Crippen LogP contribution is 2.42. The summed E-state index contributed by atoms with van der Waals surface area (Å²) in [6.45, 7) is 4.68. The maximum absolute atomic E-state index is 16.0. The number of carbonyl (C=O) groups is 4. The zero-order valence-electron chi connectivity index (χ0n) is 42.2. The average Bonchev–Trinajstić information content (AvgIpc) is 3.34. The first kappa shape index (κ1) is 59.0. The number of rotatable bonds is 18. The van der Waals surface area contributed by atoms with Crippen LogP contribution in [0.25, 0.3) is 11.3 Å². The number of aromatic nitrogens is 2. The van der Waals surface area contributed by atoms with Gasteiger partial charge in [-0.05, 0) is 82.1 Å². The molecule has 0 aliphatic carbocycles. The van der Waals surface area contributed by atoms with Gasteiger partial charge in [0.1, 0.15) is 35.4 Å². The lowest BCUT2D eigenvalue weighted by Crippen LogP contribution is -2.63. The van der Waals surface area contributed by atoms with Crippen molar-refractivity contribution in [3.63, 3.8) is 0 Å². The zero-order chi connectivity index (χ0) is 56.6. The molecule has 6 rings (SSSR count). The Kier molecular flexibility index (Phi) is 18.7. The number of carbonyl (C=O) groups excluding carboxylic acids is 3. The summed E-state index contributed by atoms with van der Waals surface area (Å²) in [5.74, 6) is -0.0933. The van der Waals surface area contributed by atoms with Gasteiger partial charge in [-0.1, -0.05) is 24.0 Å². The van der Waals surface area contributed by atoms with E-state index in [2.05, 4.69) is 41.7 Å². The first-order valence-electron chi connectivity index (χ1n) is 23.8. The third-order valence-corrected chi connectivity index (χ3v) is 13.4. The van der Waals surface area contributed by atoms with E-state index in [9.17, 15) is 60.1 Å². The Bertz CT molecular complexity index is 2780. The topological polar surface area (TPSA) is 211 Å². The molecule has 2 aliphatic rings. The van der Waals surface area contributed by atoms with E-state index in [-0.39, 0.29) is 16.8 Å². The molecule has 0 radical (unpaired) electrons. The minimum Gasteiger partial charge on any atom is -0.465 e. The minimum absolute atomic E-state index is 0.220. The monoisotopic (exact) mass is 1090 g/mol. The summed E-state index contributed by atoms with van der Waals surface area (Å²) < 4.78 is 142. The van der Waals surface area contributed by atoms with E-state index in [1.165, 1.54) is 29.6 Å². The number of halogens is 9. The van der Waals surface area contributed by atoms with Gasteiger partial charge in [-0.3, -0.25) is 24.9 Å². The molecule has 2 aliphatic heterocycles. The van der Waals surface area contributed by atoms with Crippen LogP contribution in [-0.2, 0) is 32.0 Å². The van der Waals surface area contributed by atoms with Gasteiger partial charge in [0.05, 0.1) is 55.0 Å². The van der Waals surface area contributed by atoms with Crippen molar-refractivity contribution in [2.75, 3.05) is 57.9 Å². The lowest BCUT2D eigenvalue weighted by atomic mass is 9.82. The first-order valence-corrected chi connectivity index (χ1v) is 23.8. The van der Waals surface area contributed by atoms with Crippen molar-refractivity contribution in [1.29, 1.82) is 0 Å². The van der Waals surface area contributed by atoms with Crippen molar-refractivity contribution in [1.82, 2.24) is 41.3 Å². The van der Waals surface area contributed by atoms with Crippen LogP contribution in [0.2, 0.25) is 0 Å². The number of hydrazine groups is 1. The number of aliphatic hydroxyl groups excluding tert-OH is 1. The van der Waals surface area contributed by atoms with Gasteiger partial charge in [0.15, 0.2) is 0 Å². The highest BCUT2D eigenvalue weighted by atomic mass is 19.4. The molecule has 4 unspecified atom stereocenters. The van der Waals surface area contributed by atoms with Crippen LogP contribution >= 0.6 is 0 Å². The van der Waals surface area contributed by atoms with Crippen molar-refractivity contribution in [3.05, 3.63) is 113 Å². The molecule has 2 fully saturated rings. The quantitative estimate of drug-likeness (QED) is 0.0388. The number of amides is 4. The number of pyridine rings is 2. The molecule has 0 saturated carbocycles. The molecule has 416 valence electrons. The summed E-state index contributed by atoms with van der Waals surface area (Å²) in [4.78, 5) is 65.0. The number of piperazine rings is 1. The first-order chi connectivity index (χ1) is 36.1. The molecule has 77 heavy (non-hydrogen) atoms. The van der Waals surface area contributed by atoms with Gasteiger partial charge in [0.2, 0.25) is 5.91 Å². The molecule has 4 heterocycles. The summed E-state index contributed by atoms with van der Waals surface area (Å²) in [5, 5.41) is 27.6. The fraction of sp³-hybridized carbons (Fsp3) is 0.451. The smallest absolute Gasteiger partial charge is 0.407 e. The number of ether oxygens (including phenoxy) is 2. The lowest BCUT2D eigenvalue weighted by Gasteiger charge is -2.42. The molecule has 2 saturated heterocycles. The van der Waals surface area contributed by atoms with Crippen molar-refractivity contribution in [2.24, 2.45) is 10.8 Å². The molecule has 0 bridgehead atoms. The van der Waals surface area contributed by atoms with Crippen LogP contribution in [0.4, 0.5) is 54.9 Å². The number of carboxylic acid groups (broad SMARTS) is 1. The Morgan fingerprint density at radius 2 is 1.38 bits per heavy atom. The number of nitrogens with zero attached hydrogens (tertiary/aromatic N) is 5. The minimum atomic E-state index is -5.26. The third kappa shape index (κ3) is 14.8. The molecule has 4 aromatic rings. The fourth-order valence-corrected chi connectivity index (χ4v) is 8.22. The number of nitrogens with one attached hydrogen (secondary N) is 4. The van der Waals surface area contributed by atoms with E-state index in [1.54, 1.807) is 12.3 Å². The van der Waals surface area contributed by atoms with E-state index in [4.69, 9.17) is 4.74 Å². The second-order valence-electron chi connectivity index (χ2n) is 19.5. The third-order valence-electron chi connectivity index (χ3n) is 13.4. The van der Waals surface area contributed by atoms with Gasteiger partial charge in [-0.25, -0.2) is 32.8 Å². The van der Waals surface area contributed by atoms with Gasteiger partial charge >= 0.3 is 24.5 Å². The van der Waals surface area contributed by atoms with Gasteiger partial charge in [0.25, 0.3) is 5.91 Å². The van der Waals surface area contributed by atoms with E-state index in [0.29, 0.717) is 62.0 Å². The number of aliphatic hydroxyl groups is 1. The Labute approximate surface area is 436 Å². The van der Waals surface area contributed by atoms with E-state index in [1.807, 2.05) is 16.8 Å². The molecule has 17 nitrogen and oxygen atoms in total. The molecular weight excluding hydrogens is 1040 g/mol. The highest BCUT2D eigenvalue weighted by molar-refractivity contribution is 5.87. The molecule has 0 spiro atoms.